The summed E-state index contributed by atoms with van der Waals surface area (Å²) in [7, 11) is 0. The second kappa shape index (κ2) is 9.94. The zero-order valence-corrected chi connectivity index (χ0v) is 15.7. The Hall–Kier alpha value is -2.06. The van der Waals surface area contributed by atoms with Crippen molar-refractivity contribution >= 4 is 15.9 Å². The van der Waals surface area contributed by atoms with Crippen molar-refractivity contribution in [2.75, 3.05) is 0 Å². The third kappa shape index (κ3) is 4.97. The summed E-state index contributed by atoms with van der Waals surface area (Å²) in [6.07, 6.45) is -0.0998. The normalized spacial score (nSPS) is 10.0. The number of halogens is 1. The minimum absolute atomic E-state index is 0.0998. The van der Waals surface area contributed by atoms with E-state index < -0.39 is 0 Å². The first kappa shape index (κ1) is 18.3. The standard InChI is InChI=1S/C20H17BrO.C2H6/c21-15-16-11-13-19(14-12-16)22-20(17-7-3-1-4-8-17)18-9-5-2-6-10-18;1-2/h1-14,20H,15H2;1-2H3. The summed E-state index contributed by atoms with van der Waals surface area (Å²) in [6.45, 7) is 4.00. The van der Waals surface area contributed by atoms with Crippen LogP contribution in [-0.2, 0) is 5.33 Å². The number of rotatable bonds is 5. The fourth-order valence-corrected chi connectivity index (χ4v) is 2.75. The summed E-state index contributed by atoms with van der Waals surface area (Å²) in [5.74, 6) is 0.877. The van der Waals surface area contributed by atoms with Crippen LogP contribution in [0.1, 0.15) is 36.6 Å². The lowest BCUT2D eigenvalue weighted by Crippen LogP contribution is -2.09. The fourth-order valence-electron chi connectivity index (χ4n) is 2.38. The van der Waals surface area contributed by atoms with Crippen LogP contribution in [0.4, 0.5) is 0 Å². The molecule has 1 nitrogen and oxygen atoms in total. The van der Waals surface area contributed by atoms with Crippen LogP contribution in [0.3, 0.4) is 0 Å². The van der Waals surface area contributed by atoms with Crippen molar-refractivity contribution < 1.29 is 4.74 Å². The molecular formula is C22H23BrO. The van der Waals surface area contributed by atoms with E-state index in [1.165, 1.54) is 5.56 Å². The topological polar surface area (TPSA) is 9.23 Å². The molecule has 0 fully saturated rings. The summed E-state index contributed by atoms with van der Waals surface area (Å²) in [5.41, 5.74) is 3.54. The van der Waals surface area contributed by atoms with Crippen LogP contribution < -0.4 is 4.74 Å². The van der Waals surface area contributed by atoms with Gasteiger partial charge in [0.2, 0.25) is 0 Å². The SMILES string of the molecule is BrCc1ccc(OC(c2ccccc2)c2ccccc2)cc1.CC. The first-order valence-electron chi connectivity index (χ1n) is 8.28. The maximum Gasteiger partial charge on any atom is 0.149 e. The smallest absolute Gasteiger partial charge is 0.149 e. The first-order chi connectivity index (χ1) is 11.9. The Morgan fingerprint density at radius 2 is 1.17 bits per heavy atom. The maximum absolute atomic E-state index is 6.27. The van der Waals surface area contributed by atoms with Gasteiger partial charge in [-0.05, 0) is 28.8 Å². The van der Waals surface area contributed by atoms with Crippen LogP contribution in [0.5, 0.6) is 5.75 Å². The first-order valence-corrected chi connectivity index (χ1v) is 9.40. The average molecular weight is 383 g/mol. The summed E-state index contributed by atoms with van der Waals surface area (Å²) < 4.78 is 6.27. The predicted octanol–water partition coefficient (Wildman–Crippen LogP) is 6.78. The van der Waals surface area contributed by atoms with Gasteiger partial charge >= 0.3 is 0 Å². The molecule has 3 aromatic carbocycles. The third-order valence-corrected chi connectivity index (χ3v) is 4.18. The van der Waals surface area contributed by atoms with Crippen LogP contribution in [-0.4, -0.2) is 0 Å². The van der Waals surface area contributed by atoms with E-state index in [9.17, 15) is 0 Å². The summed E-state index contributed by atoms with van der Waals surface area (Å²) in [4.78, 5) is 0. The van der Waals surface area contributed by atoms with Gasteiger partial charge in [-0.1, -0.05) is 103 Å². The molecule has 24 heavy (non-hydrogen) atoms. The van der Waals surface area contributed by atoms with E-state index in [0.717, 1.165) is 22.2 Å². The third-order valence-electron chi connectivity index (χ3n) is 3.54. The van der Waals surface area contributed by atoms with Crippen LogP contribution in [0.15, 0.2) is 84.9 Å². The molecule has 0 heterocycles. The van der Waals surface area contributed by atoms with Gasteiger partial charge in [0, 0.05) is 5.33 Å². The van der Waals surface area contributed by atoms with E-state index in [-0.39, 0.29) is 6.10 Å². The molecular weight excluding hydrogens is 360 g/mol. The van der Waals surface area contributed by atoms with Gasteiger partial charge in [0.1, 0.15) is 11.9 Å². The fraction of sp³-hybridized carbons (Fsp3) is 0.182. The molecule has 0 aliphatic carbocycles. The molecule has 0 N–H and O–H groups in total. The molecule has 0 radical (unpaired) electrons. The van der Waals surface area contributed by atoms with E-state index in [4.69, 9.17) is 4.74 Å². The number of hydrogen-bond donors (Lipinski definition) is 0. The molecule has 0 aliphatic heterocycles. The number of alkyl halides is 1. The molecule has 0 saturated heterocycles. The van der Waals surface area contributed by atoms with Crippen LogP contribution in [0.2, 0.25) is 0 Å². The molecule has 0 bridgehead atoms. The highest BCUT2D eigenvalue weighted by molar-refractivity contribution is 9.08. The lowest BCUT2D eigenvalue weighted by atomic mass is 10.0. The Morgan fingerprint density at radius 3 is 1.58 bits per heavy atom. The van der Waals surface area contributed by atoms with Crippen molar-refractivity contribution in [2.45, 2.75) is 25.3 Å². The van der Waals surface area contributed by atoms with E-state index in [2.05, 4.69) is 52.3 Å². The Bertz CT molecular complexity index is 654. The Kier molecular flexibility index (Phi) is 7.57. The summed E-state index contributed by atoms with van der Waals surface area (Å²) in [5, 5.41) is 0.855. The Balaban J connectivity index is 0.00000100. The van der Waals surface area contributed by atoms with E-state index in [1.807, 2.05) is 62.4 Å². The van der Waals surface area contributed by atoms with Gasteiger partial charge < -0.3 is 4.74 Å². The van der Waals surface area contributed by atoms with Gasteiger partial charge in [0.25, 0.3) is 0 Å². The quantitative estimate of drug-likeness (QED) is 0.442. The van der Waals surface area contributed by atoms with Crippen molar-refractivity contribution in [3.63, 3.8) is 0 Å². The Labute approximate surface area is 153 Å². The predicted molar refractivity (Wildman–Crippen MR) is 106 cm³/mol. The van der Waals surface area contributed by atoms with Gasteiger partial charge in [-0.2, -0.15) is 0 Å². The minimum Gasteiger partial charge on any atom is -0.481 e. The van der Waals surface area contributed by atoms with Crippen molar-refractivity contribution in [3.8, 4) is 5.75 Å². The zero-order chi connectivity index (χ0) is 17.2. The molecule has 2 heteroatoms. The van der Waals surface area contributed by atoms with Crippen molar-refractivity contribution in [1.82, 2.24) is 0 Å². The van der Waals surface area contributed by atoms with Gasteiger partial charge in [-0.3, -0.25) is 0 Å². The molecule has 0 aromatic heterocycles. The highest BCUT2D eigenvalue weighted by atomic mass is 79.9. The summed E-state index contributed by atoms with van der Waals surface area (Å²) in [6, 6.07) is 28.8. The largest absolute Gasteiger partial charge is 0.481 e. The lowest BCUT2D eigenvalue weighted by Gasteiger charge is -2.20. The van der Waals surface area contributed by atoms with Crippen LogP contribution in [0, 0.1) is 0 Å². The van der Waals surface area contributed by atoms with Crippen molar-refractivity contribution in [1.29, 1.82) is 0 Å². The van der Waals surface area contributed by atoms with E-state index in [0.29, 0.717) is 0 Å². The summed E-state index contributed by atoms with van der Waals surface area (Å²) >= 11 is 3.47. The van der Waals surface area contributed by atoms with Gasteiger partial charge in [-0.25, -0.2) is 0 Å². The molecule has 124 valence electrons. The number of hydrogen-bond acceptors (Lipinski definition) is 1. The van der Waals surface area contributed by atoms with E-state index >= 15 is 0 Å². The molecule has 0 amide bonds. The van der Waals surface area contributed by atoms with Gasteiger partial charge in [0.05, 0.1) is 0 Å². The average Bonchev–Trinajstić information content (AvgIpc) is 2.69. The molecule has 0 aliphatic rings. The van der Waals surface area contributed by atoms with Crippen molar-refractivity contribution in [3.05, 3.63) is 102 Å². The molecule has 0 atom stereocenters. The Morgan fingerprint density at radius 1 is 0.708 bits per heavy atom. The van der Waals surface area contributed by atoms with Crippen molar-refractivity contribution in [2.24, 2.45) is 0 Å². The van der Waals surface area contributed by atoms with Crippen LogP contribution >= 0.6 is 15.9 Å². The molecule has 0 unspecified atom stereocenters. The molecule has 0 spiro atoms. The number of benzene rings is 3. The van der Waals surface area contributed by atoms with Gasteiger partial charge in [-0.15, -0.1) is 0 Å². The lowest BCUT2D eigenvalue weighted by molar-refractivity contribution is 0.247. The second-order valence-electron chi connectivity index (χ2n) is 5.10. The maximum atomic E-state index is 6.27. The number of ether oxygens (including phenoxy) is 1. The highest BCUT2D eigenvalue weighted by Gasteiger charge is 2.15. The van der Waals surface area contributed by atoms with E-state index in [1.54, 1.807) is 0 Å². The molecule has 0 saturated carbocycles. The van der Waals surface area contributed by atoms with Crippen LogP contribution in [0.25, 0.3) is 0 Å². The monoisotopic (exact) mass is 382 g/mol. The zero-order valence-electron chi connectivity index (χ0n) is 14.2. The second-order valence-corrected chi connectivity index (χ2v) is 5.66. The highest BCUT2D eigenvalue weighted by Crippen LogP contribution is 2.28. The van der Waals surface area contributed by atoms with Gasteiger partial charge in [0.15, 0.2) is 0 Å². The molecule has 3 rings (SSSR count). The minimum atomic E-state index is -0.0998. The molecule has 3 aromatic rings.